The van der Waals surface area contributed by atoms with Crippen molar-refractivity contribution in [1.82, 2.24) is 0 Å². The Morgan fingerprint density at radius 3 is 1.88 bits per heavy atom. The highest BCUT2D eigenvalue weighted by Crippen LogP contribution is 2.45. The van der Waals surface area contributed by atoms with Gasteiger partial charge in [0.25, 0.3) is 0 Å². The third-order valence-electron chi connectivity index (χ3n) is 7.34. The van der Waals surface area contributed by atoms with E-state index in [0.717, 1.165) is 51.4 Å². The first kappa shape index (κ1) is 30.2. The molecule has 1 rings (SSSR count). The third kappa shape index (κ3) is 11.5. The van der Waals surface area contributed by atoms with E-state index in [0.29, 0.717) is 5.92 Å². The Morgan fingerprint density at radius 2 is 1.35 bits per heavy atom. The van der Waals surface area contributed by atoms with Crippen LogP contribution in [0.25, 0.3) is 0 Å². The van der Waals surface area contributed by atoms with Gasteiger partial charge in [0.2, 0.25) is 0 Å². The Kier molecular flexibility index (Phi) is 13.5. The van der Waals surface area contributed by atoms with Crippen molar-refractivity contribution in [3.8, 4) is 0 Å². The highest BCUT2D eigenvalue weighted by atomic mass is 16.5. The second kappa shape index (κ2) is 15.2. The Morgan fingerprint density at radius 1 is 0.853 bits per heavy atom. The number of allylic oxidation sites excluding steroid dienone is 9. The lowest BCUT2D eigenvalue weighted by molar-refractivity contribution is -0.155. The van der Waals surface area contributed by atoms with Crippen LogP contribution < -0.4 is 0 Å². The largest absolute Gasteiger partial charge is 0.462 e. The van der Waals surface area contributed by atoms with Gasteiger partial charge in [0.15, 0.2) is 0 Å². The van der Waals surface area contributed by atoms with Crippen LogP contribution in [-0.2, 0) is 9.53 Å². The molecule has 0 saturated carbocycles. The summed E-state index contributed by atoms with van der Waals surface area (Å²) in [6.07, 6.45) is 21.7. The summed E-state index contributed by atoms with van der Waals surface area (Å²) >= 11 is 0. The molecule has 0 radical (unpaired) electrons. The minimum atomic E-state index is -0.171. The molecule has 0 N–H and O–H groups in total. The quantitative estimate of drug-likeness (QED) is 0.153. The number of hydrogen-bond donors (Lipinski definition) is 0. The summed E-state index contributed by atoms with van der Waals surface area (Å²) in [5.41, 5.74) is 7.31. The molecule has 0 amide bonds. The van der Waals surface area contributed by atoms with Crippen LogP contribution in [0.1, 0.15) is 120 Å². The lowest BCUT2D eigenvalue weighted by Gasteiger charge is -2.44. The van der Waals surface area contributed by atoms with Crippen LogP contribution in [0.2, 0.25) is 0 Å². The lowest BCUT2D eigenvalue weighted by atomic mass is 9.65. The Bertz CT molecular complexity index is 797. The number of rotatable bonds is 13. The second-order valence-corrected chi connectivity index (χ2v) is 11.3. The molecular weight excluding hydrogens is 416 g/mol. The lowest BCUT2D eigenvalue weighted by Crippen LogP contribution is -2.42. The fourth-order valence-electron chi connectivity index (χ4n) is 5.02. The molecule has 2 heteroatoms. The zero-order valence-electron chi connectivity index (χ0n) is 23.7. The summed E-state index contributed by atoms with van der Waals surface area (Å²) < 4.78 is 5.65. The molecule has 1 aliphatic rings. The van der Waals surface area contributed by atoms with Gasteiger partial charge in [-0.1, -0.05) is 72.1 Å². The van der Waals surface area contributed by atoms with E-state index in [1.807, 2.05) is 0 Å². The van der Waals surface area contributed by atoms with E-state index in [1.165, 1.54) is 41.2 Å². The Balaban J connectivity index is 2.43. The van der Waals surface area contributed by atoms with Gasteiger partial charge in [-0.2, -0.15) is 0 Å². The first-order chi connectivity index (χ1) is 15.9. The summed E-state index contributed by atoms with van der Waals surface area (Å²) in [6.45, 7) is 19.4. The maximum Gasteiger partial charge on any atom is 0.302 e. The van der Waals surface area contributed by atoms with Crippen molar-refractivity contribution in [2.45, 2.75) is 126 Å². The van der Waals surface area contributed by atoms with E-state index >= 15 is 0 Å². The fraction of sp³-hybridized carbons (Fsp3) is 0.656. The summed E-state index contributed by atoms with van der Waals surface area (Å²) in [6, 6.07) is 0. The predicted molar refractivity (Wildman–Crippen MR) is 149 cm³/mol. The molecule has 0 aromatic rings. The van der Waals surface area contributed by atoms with Gasteiger partial charge in [-0.3, -0.25) is 4.79 Å². The number of carbonyl (C=O) groups is 1. The van der Waals surface area contributed by atoms with Crippen LogP contribution in [0.5, 0.6) is 0 Å². The molecule has 192 valence electrons. The van der Waals surface area contributed by atoms with Crippen molar-refractivity contribution in [3.05, 3.63) is 58.2 Å². The average molecular weight is 469 g/mol. The molecule has 1 aliphatic carbocycles. The predicted octanol–water partition coefficient (Wildman–Crippen LogP) is 9.84. The molecule has 0 spiro atoms. The third-order valence-corrected chi connectivity index (χ3v) is 7.34. The van der Waals surface area contributed by atoms with E-state index in [9.17, 15) is 4.79 Å². The van der Waals surface area contributed by atoms with Crippen LogP contribution in [0.15, 0.2) is 58.2 Å². The SMILES string of the molecule is CC(=O)O[C@H]1CC=C(C)[C@@H](CC/C(C)=C/CC/C=C(\C)CC/C=C(\C)CCC=C(C)C)C1(C)C. The molecule has 0 heterocycles. The molecule has 2 nitrogen and oxygen atoms in total. The van der Waals surface area contributed by atoms with Crippen molar-refractivity contribution in [2.75, 3.05) is 0 Å². The first-order valence-corrected chi connectivity index (χ1v) is 13.4. The molecule has 0 unspecified atom stereocenters. The van der Waals surface area contributed by atoms with Crippen LogP contribution in [0.3, 0.4) is 0 Å². The first-order valence-electron chi connectivity index (χ1n) is 13.4. The molecule has 0 saturated heterocycles. The number of hydrogen-bond acceptors (Lipinski definition) is 2. The standard InChI is InChI=1S/C32H52O2/c1-24(2)14-12-17-26(4)19-13-18-25(3)15-10-11-16-27(5)20-22-30-28(6)21-23-31(32(30,8)9)34-29(7)33/h14-16,19,21,30-31H,10-13,17-18,20,22-23H2,1-9H3/b25-15+,26-19+,27-16+/t30-,31+/m1/s1. The van der Waals surface area contributed by atoms with Gasteiger partial charge in [0.1, 0.15) is 6.10 Å². The average Bonchev–Trinajstić information content (AvgIpc) is 2.72. The molecular formula is C32H52O2. The van der Waals surface area contributed by atoms with Crippen LogP contribution in [-0.4, -0.2) is 12.1 Å². The fourth-order valence-corrected chi connectivity index (χ4v) is 5.02. The van der Waals surface area contributed by atoms with Gasteiger partial charge < -0.3 is 4.74 Å². The van der Waals surface area contributed by atoms with Crippen molar-refractivity contribution < 1.29 is 9.53 Å². The van der Waals surface area contributed by atoms with E-state index in [2.05, 4.69) is 85.8 Å². The summed E-state index contributed by atoms with van der Waals surface area (Å²) in [5.74, 6) is 0.282. The smallest absolute Gasteiger partial charge is 0.302 e. The van der Waals surface area contributed by atoms with Crippen molar-refractivity contribution in [2.24, 2.45) is 11.3 Å². The maximum atomic E-state index is 11.5. The second-order valence-electron chi connectivity index (χ2n) is 11.3. The van der Waals surface area contributed by atoms with Crippen LogP contribution in [0.4, 0.5) is 0 Å². The van der Waals surface area contributed by atoms with E-state index in [-0.39, 0.29) is 17.5 Å². The van der Waals surface area contributed by atoms with Crippen molar-refractivity contribution >= 4 is 5.97 Å². The van der Waals surface area contributed by atoms with Gasteiger partial charge in [-0.25, -0.2) is 0 Å². The Labute approximate surface area is 211 Å². The van der Waals surface area contributed by atoms with Gasteiger partial charge in [0.05, 0.1) is 0 Å². The van der Waals surface area contributed by atoms with E-state index < -0.39 is 0 Å². The molecule has 0 aromatic carbocycles. The topological polar surface area (TPSA) is 26.3 Å². The summed E-state index contributed by atoms with van der Waals surface area (Å²) in [5, 5.41) is 0. The molecule has 0 fully saturated rings. The highest BCUT2D eigenvalue weighted by Gasteiger charge is 2.41. The number of esters is 1. The van der Waals surface area contributed by atoms with Gasteiger partial charge in [0, 0.05) is 18.8 Å². The number of carbonyl (C=O) groups excluding carboxylic acids is 1. The zero-order chi connectivity index (χ0) is 25.7. The highest BCUT2D eigenvalue weighted by molar-refractivity contribution is 5.66. The Hall–Kier alpha value is -1.83. The monoisotopic (exact) mass is 468 g/mol. The van der Waals surface area contributed by atoms with E-state index in [4.69, 9.17) is 4.74 Å². The molecule has 0 aromatic heterocycles. The van der Waals surface area contributed by atoms with Crippen molar-refractivity contribution in [3.63, 3.8) is 0 Å². The zero-order valence-corrected chi connectivity index (χ0v) is 23.7. The normalized spacial score (nSPS) is 21.2. The van der Waals surface area contributed by atoms with Crippen LogP contribution >= 0.6 is 0 Å². The molecule has 0 aliphatic heterocycles. The molecule has 0 bridgehead atoms. The van der Waals surface area contributed by atoms with Gasteiger partial charge >= 0.3 is 5.97 Å². The van der Waals surface area contributed by atoms with Gasteiger partial charge in [-0.05, 0) is 98.8 Å². The number of ether oxygens (including phenoxy) is 1. The number of unbranched alkanes of at least 4 members (excludes halogenated alkanes) is 1. The minimum absolute atomic E-state index is 0.0212. The molecule has 34 heavy (non-hydrogen) atoms. The maximum absolute atomic E-state index is 11.5. The van der Waals surface area contributed by atoms with Gasteiger partial charge in [-0.15, -0.1) is 0 Å². The molecule has 2 atom stereocenters. The summed E-state index contributed by atoms with van der Waals surface area (Å²) in [4.78, 5) is 11.5. The van der Waals surface area contributed by atoms with Crippen LogP contribution in [0, 0.1) is 11.3 Å². The van der Waals surface area contributed by atoms with Crippen molar-refractivity contribution in [1.29, 1.82) is 0 Å². The summed E-state index contributed by atoms with van der Waals surface area (Å²) in [7, 11) is 0. The van der Waals surface area contributed by atoms with E-state index in [1.54, 1.807) is 0 Å². The minimum Gasteiger partial charge on any atom is -0.462 e.